The van der Waals surface area contributed by atoms with Crippen LogP contribution in [0.4, 0.5) is 0 Å². The van der Waals surface area contributed by atoms with Gasteiger partial charge in [0.2, 0.25) is 10.0 Å². The molecule has 0 bridgehead atoms. The Labute approximate surface area is 227 Å². The maximum absolute atomic E-state index is 13.8. The fourth-order valence-electron chi connectivity index (χ4n) is 4.02. The molecule has 38 heavy (non-hydrogen) atoms. The van der Waals surface area contributed by atoms with E-state index in [1.807, 2.05) is 30.3 Å². The highest BCUT2D eigenvalue weighted by Gasteiger charge is 2.29. The molecule has 0 aliphatic carbocycles. The van der Waals surface area contributed by atoms with Crippen molar-refractivity contribution in [3.63, 3.8) is 0 Å². The topological polar surface area (TPSA) is 116 Å². The third-order valence-electron chi connectivity index (χ3n) is 5.79. The Morgan fingerprint density at radius 3 is 2.18 bits per heavy atom. The van der Waals surface area contributed by atoms with Crippen LogP contribution in [-0.4, -0.2) is 41.5 Å². The Morgan fingerprint density at radius 2 is 1.50 bits per heavy atom. The Kier molecular flexibility index (Phi) is 8.98. The highest BCUT2D eigenvalue weighted by atomic mass is 32.2. The summed E-state index contributed by atoms with van der Waals surface area (Å²) in [5.41, 5.74) is 2.17. The van der Waals surface area contributed by atoms with Crippen LogP contribution in [0, 0.1) is 0 Å². The van der Waals surface area contributed by atoms with E-state index < -0.39 is 20.0 Å². The summed E-state index contributed by atoms with van der Waals surface area (Å²) < 4.78 is 65.2. The first-order valence-corrected chi connectivity index (χ1v) is 15.5. The van der Waals surface area contributed by atoms with E-state index in [1.165, 1.54) is 10.4 Å². The number of rotatable bonds is 12. The number of hydrogen-bond acceptors (Lipinski definition) is 7. The van der Waals surface area contributed by atoms with E-state index in [9.17, 15) is 16.8 Å². The van der Waals surface area contributed by atoms with E-state index in [-0.39, 0.29) is 28.8 Å². The minimum atomic E-state index is -4.06. The number of benzene rings is 3. The summed E-state index contributed by atoms with van der Waals surface area (Å²) in [4.78, 5) is -0.0639. The van der Waals surface area contributed by atoms with Crippen LogP contribution < -0.4 is 9.88 Å². The lowest BCUT2D eigenvalue weighted by Gasteiger charge is -2.25. The second kappa shape index (κ2) is 12.2. The van der Waals surface area contributed by atoms with Gasteiger partial charge in [0, 0.05) is 31.3 Å². The summed E-state index contributed by atoms with van der Waals surface area (Å²) in [6.45, 7) is 0.565. The highest BCUT2D eigenvalue weighted by Crippen LogP contribution is 2.37. The van der Waals surface area contributed by atoms with Gasteiger partial charge in [-0.2, -0.15) is 4.31 Å². The molecule has 200 valence electrons. The molecule has 1 aromatic heterocycles. The molecule has 0 radical (unpaired) electrons. The molecule has 3 aromatic carbocycles. The number of nitrogens with zero attached hydrogens (tertiary/aromatic N) is 1. The lowest BCUT2D eigenvalue weighted by Crippen LogP contribution is -2.30. The van der Waals surface area contributed by atoms with Crippen molar-refractivity contribution in [2.45, 2.75) is 22.2 Å². The highest BCUT2D eigenvalue weighted by molar-refractivity contribution is 7.91. The molecule has 1 heterocycles. The molecule has 0 amide bonds. The number of ether oxygens (including phenoxy) is 2. The van der Waals surface area contributed by atoms with Crippen LogP contribution in [0.1, 0.15) is 11.1 Å². The fraction of sp³-hybridized carbons (Fsp3) is 0.185. The Hall–Kier alpha value is -3.06. The van der Waals surface area contributed by atoms with Crippen molar-refractivity contribution in [3.8, 4) is 16.9 Å². The normalized spacial score (nSPS) is 12.1. The molecule has 0 aliphatic heterocycles. The molecule has 0 spiro atoms. The number of primary sulfonamides is 1. The SMILES string of the molecule is COCCOc1cccc(-c2ccccc2S(N)(=O)=O)c1CN(Cc1ccccc1)S(=O)(=O)c1cccs1. The van der Waals surface area contributed by atoms with E-state index in [0.717, 1.165) is 16.9 Å². The summed E-state index contributed by atoms with van der Waals surface area (Å²) in [5, 5.41) is 7.25. The molecule has 0 atom stereocenters. The quantitative estimate of drug-likeness (QED) is 0.250. The second-order valence-corrected chi connectivity index (χ2v) is 13.0. The van der Waals surface area contributed by atoms with Crippen molar-refractivity contribution in [2.24, 2.45) is 5.14 Å². The minimum Gasteiger partial charge on any atom is -0.491 e. The van der Waals surface area contributed by atoms with Gasteiger partial charge in [0.25, 0.3) is 10.0 Å². The predicted octanol–water partition coefficient (Wildman–Crippen LogP) is 4.48. The first kappa shape index (κ1) is 28.0. The zero-order chi connectivity index (χ0) is 27.2. The van der Waals surface area contributed by atoms with E-state index in [4.69, 9.17) is 14.6 Å². The maximum atomic E-state index is 13.8. The maximum Gasteiger partial charge on any atom is 0.253 e. The second-order valence-electron chi connectivity index (χ2n) is 8.36. The van der Waals surface area contributed by atoms with Crippen molar-refractivity contribution in [3.05, 3.63) is 101 Å². The molecule has 2 N–H and O–H groups in total. The van der Waals surface area contributed by atoms with Gasteiger partial charge >= 0.3 is 0 Å². The lowest BCUT2D eigenvalue weighted by molar-refractivity contribution is 0.145. The van der Waals surface area contributed by atoms with Gasteiger partial charge < -0.3 is 9.47 Å². The van der Waals surface area contributed by atoms with Crippen LogP contribution >= 0.6 is 11.3 Å². The van der Waals surface area contributed by atoms with Gasteiger partial charge in [-0.3, -0.25) is 0 Å². The van der Waals surface area contributed by atoms with Crippen molar-refractivity contribution < 1.29 is 26.3 Å². The molecule has 0 saturated heterocycles. The molecular weight excluding hydrogens is 545 g/mol. The van der Waals surface area contributed by atoms with E-state index in [2.05, 4.69) is 0 Å². The zero-order valence-electron chi connectivity index (χ0n) is 20.7. The Balaban J connectivity index is 1.88. The summed E-state index contributed by atoms with van der Waals surface area (Å²) in [5.74, 6) is 0.420. The van der Waals surface area contributed by atoms with Crippen LogP contribution in [-0.2, 0) is 37.9 Å². The van der Waals surface area contributed by atoms with Crippen molar-refractivity contribution in [2.75, 3.05) is 20.3 Å². The van der Waals surface area contributed by atoms with Crippen LogP contribution in [0.2, 0.25) is 0 Å². The van der Waals surface area contributed by atoms with Gasteiger partial charge in [-0.05, 0) is 34.7 Å². The standard InChI is InChI=1S/C27H28N2O6S3/c1-34-16-17-35-25-13-7-12-22(23-11-5-6-14-26(23)37(28,30)31)24(25)20-29(19-21-9-3-2-4-10-21)38(32,33)27-15-8-18-36-27/h2-15,18H,16-17,19-20H2,1H3,(H2,28,30,31). The largest absolute Gasteiger partial charge is 0.491 e. The van der Waals surface area contributed by atoms with Crippen molar-refractivity contribution in [1.82, 2.24) is 4.31 Å². The lowest BCUT2D eigenvalue weighted by atomic mass is 9.98. The molecule has 4 aromatic rings. The Morgan fingerprint density at radius 1 is 0.789 bits per heavy atom. The number of hydrogen-bond donors (Lipinski definition) is 1. The molecule has 4 rings (SSSR count). The number of nitrogens with two attached hydrogens (primary N) is 1. The monoisotopic (exact) mass is 572 g/mol. The smallest absolute Gasteiger partial charge is 0.253 e. The first-order valence-electron chi connectivity index (χ1n) is 11.6. The van der Waals surface area contributed by atoms with Gasteiger partial charge in [-0.15, -0.1) is 11.3 Å². The van der Waals surface area contributed by atoms with Gasteiger partial charge in [0.1, 0.15) is 16.6 Å². The zero-order valence-corrected chi connectivity index (χ0v) is 23.1. The van der Waals surface area contributed by atoms with Gasteiger partial charge in [0.05, 0.1) is 11.5 Å². The van der Waals surface area contributed by atoms with Gasteiger partial charge in [0.15, 0.2) is 0 Å². The van der Waals surface area contributed by atoms with Crippen molar-refractivity contribution >= 4 is 31.4 Å². The number of methoxy groups -OCH3 is 1. The molecule has 0 aliphatic rings. The minimum absolute atomic E-state index is 0.0639. The van der Waals surface area contributed by atoms with Crippen LogP contribution in [0.3, 0.4) is 0 Å². The molecule has 8 nitrogen and oxygen atoms in total. The van der Waals surface area contributed by atoms with E-state index in [0.29, 0.717) is 29.0 Å². The third-order valence-corrected chi connectivity index (χ3v) is 9.92. The van der Waals surface area contributed by atoms with E-state index >= 15 is 0 Å². The van der Waals surface area contributed by atoms with Crippen LogP contribution in [0.25, 0.3) is 11.1 Å². The summed E-state index contributed by atoms with van der Waals surface area (Å²) >= 11 is 1.13. The third kappa shape index (κ3) is 6.49. The summed E-state index contributed by atoms with van der Waals surface area (Å²) in [7, 11) is -6.42. The molecule has 11 heteroatoms. The number of thiophene rings is 1. The average molecular weight is 573 g/mol. The molecule has 0 unspecified atom stereocenters. The molecule has 0 saturated carbocycles. The average Bonchev–Trinajstić information content (AvgIpc) is 3.45. The summed E-state index contributed by atoms with van der Waals surface area (Å²) in [6, 6.07) is 24.1. The molecular formula is C27H28N2O6S3. The summed E-state index contributed by atoms with van der Waals surface area (Å²) in [6.07, 6.45) is 0. The van der Waals surface area contributed by atoms with E-state index in [1.54, 1.807) is 61.0 Å². The predicted molar refractivity (Wildman–Crippen MR) is 148 cm³/mol. The van der Waals surface area contributed by atoms with Crippen LogP contribution in [0.5, 0.6) is 5.75 Å². The van der Waals surface area contributed by atoms with Crippen molar-refractivity contribution in [1.29, 1.82) is 0 Å². The first-order chi connectivity index (χ1) is 18.2. The van der Waals surface area contributed by atoms with Crippen LogP contribution in [0.15, 0.2) is 99.4 Å². The number of sulfonamides is 2. The van der Waals surface area contributed by atoms with Gasteiger partial charge in [-0.25, -0.2) is 22.0 Å². The Bertz CT molecular complexity index is 1570. The fourth-order valence-corrected chi connectivity index (χ4v) is 7.31. The van der Waals surface area contributed by atoms with Gasteiger partial charge in [-0.1, -0.05) is 66.7 Å². The molecule has 0 fully saturated rings.